The molecule has 0 aromatic heterocycles. The average molecular weight is 425 g/mol. The first-order valence-electron chi connectivity index (χ1n) is 10.7. The minimum Gasteiger partial charge on any atom is -0.378 e. The van der Waals surface area contributed by atoms with E-state index in [-0.39, 0.29) is 11.9 Å². The molecule has 0 atom stereocenters. The minimum atomic E-state index is -0.176. The number of rotatable bonds is 7. The van der Waals surface area contributed by atoms with E-state index in [2.05, 4.69) is 10.2 Å². The van der Waals surface area contributed by atoms with Gasteiger partial charge in [0, 0.05) is 44.0 Å². The van der Waals surface area contributed by atoms with Crippen molar-refractivity contribution in [2.75, 3.05) is 58.8 Å². The number of hydrogen-bond donors (Lipinski definition) is 1. The fraction of sp³-hybridized carbons (Fsp3) is 0.417. The number of hydrogen-bond acceptors (Lipinski definition) is 4. The van der Waals surface area contributed by atoms with E-state index in [1.54, 1.807) is 9.80 Å². The van der Waals surface area contributed by atoms with E-state index < -0.39 is 0 Å². The van der Waals surface area contributed by atoms with Crippen LogP contribution in [0.4, 0.5) is 10.5 Å². The third-order valence-electron chi connectivity index (χ3n) is 5.42. The van der Waals surface area contributed by atoms with Crippen LogP contribution in [-0.4, -0.2) is 80.1 Å². The van der Waals surface area contributed by atoms with E-state index in [4.69, 9.17) is 4.74 Å². The predicted octanol–water partition coefficient (Wildman–Crippen LogP) is 3.06. The Hall–Kier alpha value is -2.90. The molecule has 1 saturated heterocycles. The van der Waals surface area contributed by atoms with Gasteiger partial charge in [0.15, 0.2) is 0 Å². The molecular formula is C24H32N4O3. The van der Waals surface area contributed by atoms with Gasteiger partial charge in [0.2, 0.25) is 0 Å². The van der Waals surface area contributed by atoms with Crippen molar-refractivity contribution in [1.29, 1.82) is 0 Å². The van der Waals surface area contributed by atoms with Gasteiger partial charge in [0.05, 0.1) is 13.2 Å². The first-order chi connectivity index (χ1) is 15.0. The summed E-state index contributed by atoms with van der Waals surface area (Å²) in [6, 6.07) is 15.2. The molecule has 1 N–H and O–H groups in total. The fourth-order valence-corrected chi connectivity index (χ4v) is 3.51. The Kier molecular flexibility index (Phi) is 8.03. The van der Waals surface area contributed by atoms with Crippen LogP contribution in [0.1, 0.15) is 21.5 Å². The molecule has 1 heterocycles. The Morgan fingerprint density at radius 2 is 1.71 bits per heavy atom. The molecule has 7 heteroatoms. The largest absolute Gasteiger partial charge is 0.378 e. The molecule has 7 nitrogen and oxygen atoms in total. The SMILES string of the molecule is Cc1c(NC(=O)N(CCN(C)C)Cc2ccccc2)cccc1C(=O)N1CCOCC1. The van der Waals surface area contributed by atoms with Gasteiger partial charge in [-0.05, 0) is 44.3 Å². The monoisotopic (exact) mass is 424 g/mol. The summed E-state index contributed by atoms with van der Waals surface area (Å²) in [6.45, 7) is 6.04. The quantitative estimate of drug-likeness (QED) is 0.742. The molecule has 0 spiro atoms. The van der Waals surface area contributed by atoms with Gasteiger partial charge >= 0.3 is 6.03 Å². The molecule has 1 aliphatic rings. The van der Waals surface area contributed by atoms with Crippen LogP contribution in [0.15, 0.2) is 48.5 Å². The van der Waals surface area contributed by atoms with Crippen molar-refractivity contribution in [2.45, 2.75) is 13.5 Å². The molecular weight excluding hydrogens is 392 g/mol. The zero-order chi connectivity index (χ0) is 22.2. The number of benzene rings is 2. The molecule has 0 saturated carbocycles. The Bertz CT molecular complexity index is 880. The van der Waals surface area contributed by atoms with Gasteiger partial charge in [-0.15, -0.1) is 0 Å². The number of likely N-dealkylation sites (N-methyl/N-ethyl adjacent to an activating group) is 1. The van der Waals surface area contributed by atoms with Crippen LogP contribution in [0.2, 0.25) is 0 Å². The molecule has 2 aromatic carbocycles. The molecule has 166 valence electrons. The lowest BCUT2D eigenvalue weighted by Crippen LogP contribution is -2.41. The average Bonchev–Trinajstić information content (AvgIpc) is 2.78. The Balaban J connectivity index is 1.75. The van der Waals surface area contributed by atoms with Crippen LogP contribution in [0.5, 0.6) is 0 Å². The molecule has 0 aliphatic carbocycles. The first-order valence-corrected chi connectivity index (χ1v) is 10.7. The Morgan fingerprint density at radius 1 is 1.00 bits per heavy atom. The predicted molar refractivity (Wildman–Crippen MR) is 122 cm³/mol. The summed E-state index contributed by atoms with van der Waals surface area (Å²) in [4.78, 5) is 31.8. The molecule has 3 amide bonds. The summed E-state index contributed by atoms with van der Waals surface area (Å²) in [6.07, 6.45) is 0. The third kappa shape index (κ3) is 6.29. The number of amides is 3. The van der Waals surface area contributed by atoms with Gasteiger partial charge in [0.25, 0.3) is 5.91 Å². The maximum Gasteiger partial charge on any atom is 0.322 e. The van der Waals surface area contributed by atoms with Gasteiger partial charge in [-0.2, -0.15) is 0 Å². The minimum absolute atomic E-state index is 0.0225. The van der Waals surface area contributed by atoms with Crippen molar-refractivity contribution >= 4 is 17.6 Å². The molecule has 1 fully saturated rings. The highest BCUT2D eigenvalue weighted by atomic mass is 16.5. The van der Waals surface area contributed by atoms with Crippen LogP contribution in [-0.2, 0) is 11.3 Å². The maximum absolute atomic E-state index is 13.1. The molecule has 0 unspecified atom stereocenters. The highest BCUT2D eigenvalue weighted by Crippen LogP contribution is 2.22. The standard InChI is InChI=1S/C24H32N4O3/c1-19-21(23(29)27-14-16-31-17-15-27)10-7-11-22(19)25-24(30)28(13-12-26(2)3)18-20-8-5-4-6-9-20/h4-11H,12-18H2,1-3H3,(H,25,30). The Labute approximate surface area is 184 Å². The van der Waals surface area contributed by atoms with Crippen LogP contribution in [0.25, 0.3) is 0 Å². The summed E-state index contributed by atoms with van der Waals surface area (Å²) < 4.78 is 5.35. The number of carbonyl (C=O) groups excluding carboxylic acids is 2. The summed E-state index contributed by atoms with van der Waals surface area (Å²) in [5, 5.41) is 3.03. The lowest BCUT2D eigenvalue weighted by molar-refractivity contribution is 0.0302. The van der Waals surface area contributed by atoms with Crippen LogP contribution in [0, 0.1) is 6.92 Å². The third-order valence-corrected chi connectivity index (χ3v) is 5.42. The smallest absolute Gasteiger partial charge is 0.322 e. The lowest BCUT2D eigenvalue weighted by atomic mass is 10.1. The summed E-state index contributed by atoms with van der Waals surface area (Å²) in [5.74, 6) is -0.0225. The van der Waals surface area contributed by atoms with E-state index in [0.717, 1.165) is 17.7 Å². The number of nitrogens with zero attached hydrogens (tertiary/aromatic N) is 3. The lowest BCUT2D eigenvalue weighted by Gasteiger charge is -2.28. The highest BCUT2D eigenvalue weighted by molar-refractivity contribution is 5.99. The van der Waals surface area contributed by atoms with Crippen LogP contribution < -0.4 is 5.32 Å². The number of morpholine rings is 1. The van der Waals surface area contributed by atoms with Crippen molar-refractivity contribution in [3.8, 4) is 0 Å². The number of anilines is 1. The fourth-order valence-electron chi connectivity index (χ4n) is 3.51. The first kappa shape index (κ1) is 22.8. The van der Waals surface area contributed by atoms with E-state index >= 15 is 0 Å². The maximum atomic E-state index is 13.1. The van der Waals surface area contributed by atoms with Crippen molar-refractivity contribution in [1.82, 2.24) is 14.7 Å². The summed E-state index contributed by atoms with van der Waals surface area (Å²) in [7, 11) is 3.98. The second-order valence-corrected chi connectivity index (χ2v) is 8.02. The molecule has 0 radical (unpaired) electrons. The van der Waals surface area contributed by atoms with Gasteiger partial charge in [-0.1, -0.05) is 36.4 Å². The highest BCUT2D eigenvalue weighted by Gasteiger charge is 2.22. The van der Waals surface area contributed by atoms with Crippen molar-refractivity contribution in [2.24, 2.45) is 0 Å². The van der Waals surface area contributed by atoms with Gasteiger partial charge in [-0.3, -0.25) is 4.79 Å². The molecule has 3 rings (SSSR count). The number of ether oxygens (including phenoxy) is 1. The molecule has 31 heavy (non-hydrogen) atoms. The number of carbonyl (C=O) groups is 2. The summed E-state index contributed by atoms with van der Waals surface area (Å²) >= 11 is 0. The van der Waals surface area contributed by atoms with Crippen molar-refractivity contribution in [3.05, 3.63) is 65.2 Å². The van der Waals surface area contributed by atoms with Crippen molar-refractivity contribution in [3.63, 3.8) is 0 Å². The molecule has 0 bridgehead atoms. The van der Waals surface area contributed by atoms with Crippen LogP contribution >= 0.6 is 0 Å². The van der Waals surface area contributed by atoms with Gasteiger partial charge in [-0.25, -0.2) is 4.79 Å². The van der Waals surface area contributed by atoms with Gasteiger partial charge in [0.1, 0.15) is 0 Å². The normalized spacial score (nSPS) is 13.9. The van der Waals surface area contributed by atoms with Crippen molar-refractivity contribution < 1.29 is 14.3 Å². The summed E-state index contributed by atoms with van der Waals surface area (Å²) in [5.41, 5.74) is 3.12. The number of nitrogens with one attached hydrogen (secondary N) is 1. The second-order valence-electron chi connectivity index (χ2n) is 8.02. The van der Waals surface area contributed by atoms with Crippen LogP contribution in [0.3, 0.4) is 0 Å². The second kappa shape index (κ2) is 10.9. The van der Waals surface area contributed by atoms with E-state index in [9.17, 15) is 9.59 Å². The molecule has 2 aromatic rings. The zero-order valence-corrected chi connectivity index (χ0v) is 18.6. The van der Waals surface area contributed by atoms with E-state index in [0.29, 0.717) is 50.6 Å². The number of urea groups is 1. The Morgan fingerprint density at radius 3 is 2.39 bits per heavy atom. The zero-order valence-electron chi connectivity index (χ0n) is 18.6. The topological polar surface area (TPSA) is 65.1 Å². The molecule has 1 aliphatic heterocycles. The van der Waals surface area contributed by atoms with E-state index in [1.165, 1.54) is 0 Å². The van der Waals surface area contributed by atoms with Gasteiger partial charge < -0.3 is 24.8 Å². The van der Waals surface area contributed by atoms with E-state index in [1.807, 2.05) is 69.6 Å².